The van der Waals surface area contributed by atoms with Crippen molar-refractivity contribution in [2.45, 2.75) is 13.0 Å². The minimum Gasteiger partial charge on any atom is -0.465 e. The summed E-state index contributed by atoms with van der Waals surface area (Å²) in [4.78, 5) is 25.5. The lowest BCUT2D eigenvalue weighted by Gasteiger charge is -2.25. The molecule has 1 fully saturated rings. The van der Waals surface area contributed by atoms with Gasteiger partial charge < -0.3 is 19.7 Å². The van der Waals surface area contributed by atoms with Gasteiger partial charge in [-0.05, 0) is 30.2 Å². The molecule has 2 aliphatic heterocycles. The highest BCUT2D eigenvalue weighted by Gasteiger charge is 2.19. The first-order valence-electron chi connectivity index (χ1n) is 10.2. The van der Waals surface area contributed by atoms with E-state index in [-0.39, 0.29) is 0 Å². The number of rotatable bonds is 4. The fourth-order valence-corrected chi connectivity index (χ4v) is 5.12. The van der Waals surface area contributed by atoms with Crippen LogP contribution in [0.1, 0.15) is 16.9 Å². The average molecular weight is 425 g/mol. The first-order valence-corrected chi connectivity index (χ1v) is 11.0. The second kappa shape index (κ2) is 8.22. The Morgan fingerprint density at radius 1 is 1.27 bits per heavy atom. The Morgan fingerprint density at radius 2 is 2.13 bits per heavy atom. The number of aromatic nitrogens is 2. The molecular formula is C22H24N4O3S. The van der Waals surface area contributed by atoms with Crippen LogP contribution in [0.15, 0.2) is 36.7 Å². The Balaban J connectivity index is 1.39. The molecule has 0 aromatic carbocycles. The summed E-state index contributed by atoms with van der Waals surface area (Å²) in [5, 5.41) is 10.3. The summed E-state index contributed by atoms with van der Waals surface area (Å²) in [6.45, 7) is 5.53. The maximum Gasteiger partial charge on any atom is 0.407 e. The van der Waals surface area contributed by atoms with E-state index in [0.29, 0.717) is 19.5 Å². The lowest BCUT2D eigenvalue weighted by molar-refractivity contribution is 0.0346. The summed E-state index contributed by atoms with van der Waals surface area (Å²) in [6.07, 6.45) is 5.78. The van der Waals surface area contributed by atoms with Gasteiger partial charge in [0.05, 0.1) is 13.2 Å². The van der Waals surface area contributed by atoms with E-state index in [0.717, 1.165) is 55.0 Å². The van der Waals surface area contributed by atoms with Crippen LogP contribution in [0, 0.1) is 0 Å². The summed E-state index contributed by atoms with van der Waals surface area (Å²) < 4.78 is 5.44. The monoisotopic (exact) mass is 424 g/mol. The molecule has 0 spiro atoms. The van der Waals surface area contributed by atoms with Crippen LogP contribution in [-0.2, 0) is 11.3 Å². The minimum atomic E-state index is -0.862. The number of hydrogen-bond donors (Lipinski definition) is 2. The van der Waals surface area contributed by atoms with Crippen LogP contribution in [0.25, 0.3) is 27.0 Å². The molecule has 2 aliphatic rings. The zero-order valence-electron chi connectivity index (χ0n) is 16.6. The van der Waals surface area contributed by atoms with Crippen LogP contribution in [-0.4, -0.2) is 70.4 Å². The van der Waals surface area contributed by atoms with E-state index in [4.69, 9.17) is 9.84 Å². The minimum absolute atomic E-state index is 0.431. The number of carboxylic acid groups (broad SMARTS) is 1. The fraction of sp³-hybridized carbons (Fsp3) is 0.364. The lowest BCUT2D eigenvalue weighted by Crippen LogP contribution is -2.35. The molecule has 1 saturated heterocycles. The number of aromatic amines is 1. The second-order valence-corrected chi connectivity index (χ2v) is 8.85. The molecule has 0 unspecified atom stereocenters. The quantitative estimate of drug-likeness (QED) is 0.664. The van der Waals surface area contributed by atoms with Gasteiger partial charge in [-0.2, -0.15) is 0 Å². The molecule has 8 heteroatoms. The third-order valence-electron chi connectivity index (χ3n) is 5.79. The van der Waals surface area contributed by atoms with Gasteiger partial charge in [-0.1, -0.05) is 6.08 Å². The van der Waals surface area contributed by atoms with Crippen LogP contribution in [0.5, 0.6) is 0 Å². The molecule has 7 nitrogen and oxygen atoms in total. The Morgan fingerprint density at radius 3 is 2.90 bits per heavy atom. The molecule has 0 atom stereocenters. The molecule has 1 amide bonds. The Labute approximate surface area is 178 Å². The van der Waals surface area contributed by atoms with Crippen molar-refractivity contribution in [2.75, 3.05) is 39.4 Å². The van der Waals surface area contributed by atoms with Crippen molar-refractivity contribution < 1.29 is 14.6 Å². The predicted octanol–water partition coefficient (Wildman–Crippen LogP) is 3.89. The smallest absolute Gasteiger partial charge is 0.407 e. The Kier molecular flexibility index (Phi) is 5.28. The third kappa shape index (κ3) is 3.86. The number of pyridine rings is 1. The van der Waals surface area contributed by atoms with E-state index in [2.05, 4.69) is 33.1 Å². The normalized spacial score (nSPS) is 18.0. The van der Waals surface area contributed by atoms with Gasteiger partial charge in [0.15, 0.2) is 0 Å². The van der Waals surface area contributed by atoms with Gasteiger partial charge in [-0.3, -0.25) is 4.90 Å². The number of hydrogen-bond acceptors (Lipinski definition) is 5. The number of thiophene rings is 1. The van der Waals surface area contributed by atoms with Gasteiger partial charge in [0.1, 0.15) is 5.65 Å². The molecule has 0 radical (unpaired) electrons. The molecule has 156 valence electrons. The predicted molar refractivity (Wildman–Crippen MR) is 118 cm³/mol. The second-order valence-electron chi connectivity index (χ2n) is 7.68. The van der Waals surface area contributed by atoms with E-state index < -0.39 is 6.09 Å². The van der Waals surface area contributed by atoms with Crippen LogP contribution >= 0.6 is 11.3 Å². The van der Waals surface area contributed by atoms with Crippen LogP contribution in [0.2, 0.25) is 0 Å². The van der Waals surface area contributed by atoms with Gasteiger partial charge in [-0.15, -0.1) is 11.3 Å². The Hall–Kier alpha value is -2.68. The number of ether oxygens (including phenoxy) is 1. The number of fused-ring (bicyclic) bond motifs is 1. The number of carbonyl (C=O) groups is 1. The van der Waals surface area contributed by atoms with E-state index in [1.165, 1.54) is 20.2 Å². The maximum atomic E-state index is 11.2. The van der Waals surface area contributed by atoms with Crippen molar-refractivity contribution in [1.82, 2.24) is 19.8 Å². The van der Waals surface area contributed by atoms with Crippen molar-refractivity contribution >= 4 is 34.0 Å². The summed E-state index contributed by atoms with van der Waals surface area (Å²) in [5.74, 6) is 0. The zero-order valence-corrected chi connectivity index (χ0v) is 17.5. The highest BCUT2D eigenvalue weighted by molar-refractivity contribution is 7.15. The SMILES string of the molecule is O=C(O)N1CC=C(c2c[nH]c3ncc(-c4ccc(CN5CCOCC5)s4)cc23)CC1. The summed E-state index contributed by atoms with van der Waals surface area (Å²) in [6, 6.07) is 6.59. The number of amides is 1. The van der Waals surface area contributed by atoms with Gasteiger partial charge >= 0.3 is 6.09 Å². The first kappa shape index (κ1) is 19.3. The first-order chi connectivity index (χ1) is 14.7. The summed E-state index contributed by atoms with van der Waals surface area (Å²) >= 11 is 1.82. The molecule has 0 bridgehead atoms. The van der Waals surface area contributed by atoms with Crippen LogP contribution < -0.4 is 0 Å². The van der Waals surface area contributed by atoms with Crippen LogP contribution in [0.3, 0.4) is 0 Å². The van der Waals surface area contributed by atoms with Gasteiger partial charge in [-0.25, -0.2) is 9.78 Å². The number of nitrogens with zero attached hydrogens (tertiary/aromatic N) is 3. The third-order valence-corrected chi connectivity index (χ3v) is 6.91. The van der Waals surface area contributed by atoms with Crippen molar-refractivity contribution in [3.8, 4) is 10.4 Å². The number of morpholine rings is 1. The Bertz CT molecular complexity index is 1100. The molecular weight excluding hydrogens is 400 g/mol. The molecule has 3 aromatic heterocycles. The molecule has 0 saturated carbocycles. The van der Waals surface area contributed by atoms with Crippen molar-refractivity contribution in [3.63, 3.8) is 0 Å². The van der Waals surface area contributed by atoms with Gasteiger partial charge in [0.25, 0.3) is 0 Å². The summed E-state index contributed by atoms with van der Waals surface area (Å²) in [7, 11) is 0. The van der Waals surface area contributed by atoms with E-state index >= 15 is 0 Å². The molecule has 5 rings (SSSR count). The van der Waals surface area contributed by atoms with Crippen molar-refractivity contribution in [1.29, 1.82) is 0 Å². The largest absolute Gasteiger partial charge is 0.465 e. The molecule has 0 aliphatic carbocycles. The molecule has 2 N–H and O–H groups in total. The van der Waals surface area contributed by atoms with Crippen LogP contribution in [0.4, 0.5) is 4.79 Å². The van der Waals surface area contributed by atoms with Crippen molar-refractivity contribution in [3.05, 3.63) is 47.1 Å². The number of nitrogens with one attached hydrogen (secondary N) is 1. The van der Waals surface area contributed by atoms with E-state index in [1.807, 2.05) is 29.8 Å². The van der Waals surface area contributed by atoms with E-state index in [9.17, 15) is 4.79 Å². The summed E-state index contributed by atoms with van der Waals surface area (Å²) in [5.41, 5.74) is 4.27. The highest BCUT2D eigenvalue weighted by atomic mass is 32.1. The fourth-order valence-electron chi connectivity index (χ4n) is 4.09. The number of H-pyrrole nitrogens is 1. The molecule has 3 aromatic rings. The maximum absolute atomic E-state index is 11.2. The lowest BCUT2D eigenvalue weighted by atomic mass is 9.99. The van der Waals surface area contributed by atoms with Gasteiger partial charge in [0, 0.05) is 71.4 Å². The topological polar surface area (TPSA) is 81.7 Å². The van der Waals surface area contributed by atoms with Gasteiger partial charge in [0.2, 0.25) is 0 Å². The average Bonchev–Trinajstić information content (AvgIpc) is 3.41. The standard InChI is InChI=1S/C22H24N4O3S/c27-22(28)26-5-3-15(4-6-26)19-13-24-21-18(19)11-16(12-23-21)20-2-1-17(30-20)14-25-7-9-29-10-8-25/h1-3,11-13H,4-10,14H2,(H,23,24)(H,27,28). The molecule has 30 heavy (non-hydrogen) atoms. The highest BCUT2D eigenvalue weighted by Crippen LogP contribution is 2.34. The molecule has 5 heterocycles. The van der Waals surface area contributed by atoms with Crippen molar-refractivity contribution in [2.24, 2.45) is 0 Å². The van der Waals surface area contributed by atoms with E-state index in [1.54, 1.807) is 0 Å². The zero-order chi connectivity index (χ0) is 20.5.